The maximum atomic E-state index is 12.9. The van der Waals surface area contributed by atoms with Gasteiger partial charge in [0, 0.05) is 0 Å². The molecule has 1 aliphatic rings. The summed E-state index contributed by atoms with van der Waals surface area (Å²) in [6.07, 6.45) is -3.06. The molecule has 0 bridgehead atoms. The molecule has 7 heteroatoms. The zero-order valence-corrected chi connectivity index (χ0v) is 9.92. The Kier molecular flexibility index (Phi) is 2.67. The van der Waals surface area contributed by atoms with Crippen LogP contribution in [0.3, 0.4) is 0 Å². The fraction of sp³-hybridized carbons (Fsp3) is 0.417. The predicted molar refractivity (Wildman–Crippen MR) is 63.8 cm³/mol. The van der Waals surface area contributed by atoms with Gasteiger partial charge in [0.15, 0.2) is 0 Å². The van der Waals surface area contributed by atoms with Crippen molar-refractivity contribution < 1.29 is 13.2 Å². The lowest BCUT2D eigenvalue weighted by atomic mass is 10.1. The Morgan fingerprint density at radius 1 is 1.32 bits per heavy atom. The van der Waals surface area contributed by atoms with E-state index in [4.69, 9.17) is 0 Å². The second-order valence-corrected chi connectivity index (χ2v) is 4.61. The molecule has 1 aliphatic heterocycles. The van der Waals surface area contributed by atoms with Crippen molar-refractivity contribution in [3.8, 4) is 0 Å². The van der Waals surface area contributed by atoms with Crippen molar-refractivity contribution in [3.63, 3.8) is 0 Å². The van der Waals surface area contributed by atoms with Crippen LogP contribution in [0, 0.1) is 0 Å². The van der Waals surface area contributed by atoms with E-state index in [-0.39, 0.29) is 11.7 Å². The van der Waals surface area contributed by atoms with E-state index < -0.39 is 17.4 Å². The normalized spacial score (nSPS) is 20.3. The molecule has 3 rings (SSSR count). The molecule has 0 saturated carbocycles. The summed E-state index contributed by atoms with van der Waals surface area (Å²) >= 11 is 0. The lowest BCUT2D eigenvalue weighted by Crippen LogP contribution is -2.28. The summed E-state index contributed by atoms with van der Waals surface area (Å²) < 4.78 is 40.0. The van der Waals surface area contributed by atoms with Gasteiger partial charge in [-0.2, -0.15) is 13.2 Å². The minimum absolute atomic E-state index is 0.145. The number of H-pyrrole nitrogens is 1. The highest BCUT2D eigenvalue weighted by Crippen LogP contribution is 2.34. The Bertz CT molecular complexity index is 665. The van der Waals surface area contributed by atoms with E-state index in [2.05, 4.69) is 10.3 Å². The molecule has 1 fully saturated rings. The monoisotopic (exact) mass is 271 g/mol. The number of rotatable bonds is 1. The smallest absolute Gasteiger partial charge is 0.305 e. The first-order valence-electron chi connectivity index (χ1n) is 6.02. The first kappa shape index (κ1) is 12.3. The van der Waals surface area contributed by atoms with Gasteiger partial charge in [0.1, 0.15) is 0 Å². The summed E-state index contributed by atoms with van der Waals surface area (Å²) in [6.45, 7) is 0.767. The third-order valence-corrected chi connectivity index (χ3v) is 3.40. The van der Waals surface area contributed by atoms with E-state index in [9.17, 15) is 18.0 Å². The number of halogens is 3. The topological polar surface area (TPSA) is 49.8 Å². The van der Waals surface area contributed by atoms with Crippen LogP contribution in [0.2, 0.25) is 0 Å². The number of nitrogens with zero attached hydrogens (tertiary/aromatic N) is 1. The minimum Gasteiger partial charge on any atom is -0.305 e. The molecule has 102 valence electrons. The van der Waals surface area contributed by atoms with Gasteiger partial charge in [-0.15, -0.1) is 0 Å². The number of alkyl halides is 3. The van der Waals surface area contributed by atoms with Crippen molar-refractivity contribution in [1.29, 1.82) is 0 Å². The van der Waals surface area contributed by atoms with Gasteiger partial charge in [-0.25, -0.2) is 4.79 Å². The van der Waals surface area contributed by atoms with E-state index in [1.807, 2.05) is 0 Å². The van der Waals surface area contributed by atoms with Gasteiger partial charge in [-0.1, -0.05) is 6.07 Å². The molecule has 0 spiro atoms. The van der Waals surface area contributed by atoms with Crippen LogP contribution in [-0.4, -0.2) is 16.1 Å². The fourth-order valence-corrected chi connectivity index (χ4v) is 2.58. The van der Waals surface area contributed by atoms with Gasteiger partial charge in [0.25, 0.3) is 0 Å². The van der Waals surface area contributed by atoms with Crippen LogP contribution in [0.1, 0.15) is 24.6 Å². The Labute approximate surface area is 106 Å². The lowest BCUT2D eigenvalue weighted by Gasteiger charge is -2.13. The first-order chi connectivity index (χ1) is 8.98. The lowest BCUT2D eigenvalue weighted by molar-refractivity contribution is -0.136. The summed E-state index contributed by atoms with van der Waals surface area (Å²) in [4.78, 5) is 14.2. The van der Waals surface area contributed by atoms with Crippen LogP contribution in [0.4, 0.5) is 13.2 Å². The molecular weight excluding hydrogens is 259 g/mol. The predicted octanol–water partition coefficient (Wildman–Crippen LogP) is 2.23. The number of hydrogen-bond donors (Lipinski definition) is 2. The van der Waals surface area contributed by atoms with Gasteiger partial charge < -0.3 is 4.98 Å². The molecule has 0 aliphatic carbocycles. The Hall–Kier alpha value is -1.76. The van der Waals surface area contributed by atoms with Crippen LogP contribution in [0.25, 0.3) is 11.0 Å². The maximum absolute atomic E-state index is 12.9. The van der Waals surface area contributed by atoms with Crippen LogP contribution >= 0.6 is 0 Å². The van der Waals surface area contributed by atoms with Gasteiger partial charge in [-0.05, 0) is 31.5 Å². The molecule has 1 saturated heterocycles. The third-order valence-electron chi connectivity index (χ3n) is 3.40. The van der Waals surface area contributed by atoms with E-state index in [1.54, 1.807) is 0 Å². The molecule has 4 nitrogen and oxygen atoms in total. The van der Waals surface area contributed by atoms with Crippen molar-refractivity contribution in [2.24, 2.45) is 0 Å². The molecule has 0 radical (unpaired) electrons. The van der Waals surface area contributed by atoms with Gasteiger partial charge in [-0.3, -0.25) is 9.88 Å². The summed E-state index contributed by atoms with van der Waals surface area (Å²) in [7, 11) is 0. The molecule has 1 aromatic heterocycles. The van der Waals surface area contributed by atoms with Crippen molar-refractivity contribution in [2.75, 3.05) is 6.54 Å². The summed E-state index contributed by atoms with van der Waals surface area (Å²) in [6, 6.07) is 3.83. The van der Waals surface area contributed by atoms with Gasteiger partial charge in [0.05, 0.1) is 22.8 Å². The standard InChI is InChI=1S/C12H12F3N3O/c13-12(14,15)7-3-1-4-8-10(7)17-11(19)18(8)9-5-2-6-16-9/h1,3-4,9,16H,2,5-6H2,(H,17,19). The third kappa shape index (κ3) is 1.94. The molecule has 2 aromatic rings. The van der Waals surface area contributed by atoms with Crippen LogP contribution in [0.15, 0.2) is 23.0 Å². The Morgan fingerprint density at radius 3 is 2.74 bits per heavy atom. The molecular formula is C12H12F3N3O. The molecule has 1 atom stereocenters. The van der Waals surface area contributed by atoms with E-state index >= 15 is 0 Å². The van der Waals surface area contributed by atoms with Crippen molar-refractivity contribution in [2.45, 2.75) is 25.2 Å². The number of fused-ring (bicyclic) bond motifs is 1. The number of aromatic nitrogens is 2. The summed E-state index contributed by atoms with van der Waals surface area (Å²) in [5.74, 6) is 0. The molecule has 1 unspecified atom stereocenters. The zero-order valence-electron chi connectivity index (χ0n) is 9.92. The molecule has 19 heavy (non-hydrogen) atoms. The first-order valence-corrected chi connectivity index (χ1v) is 6.02. The number of aromatic amines is 1. The van der Waals surface area contributed by atoms with Gasteiger partial charge >= 0.3 is 11.9 Å². The zero-order chi connectivity index (χ0) is 13.6. The SMILES string of the molecule is O=c1[nH]c2c(C(F)(F)F)cccc2n1C1CCCN1. The number of nitrogens with one attached hydrogen (secondary N) is 2. The average molecular weight is 271 g/mol. The highest BCUT2D eigenvalue weighted by Gasteiger charge is 2.34. The number of imidazole rings is 1. The molecule has 0 amide bonds. The maximum Gasteiger partial charge on any atom is 0.418 e. The van der Waals surface area contributed by atoms with Crippen LogP contribution < -0.4 is 11.0 Å². The van der Waals surface area contributed by atoms with Gasteiger partial charge in [0.2, 0.25) is 0 Å². The fourth-order valence-electron chi connectivity index (χ4n) is 2.58. The summed E-state index contributed by atoms with van der Waals surface area (Å²) in [5, 5.41) is 3.11. The Morgan fingerprint density at radius 2 is 2.11 bits per heavy atom. The summed E-state index contributed by atoms with van der Waals surface area (Å²) in [5.41, 5.74) is -1.17. The minimum atomic E-state index is -4.47. The van der Waals surface area contributed by atoms with E-state index in [0.29, 0.717) is 5.52 Å². The second kappa shape index (κ2) is 4.12. The van der Waals surface area contributed by atoms with Crippen LogP contribution in [0.5, 0.6) is 0 Å². The average Bonchev–Trinajstić information content (AvgIpc) is 2.92. The Balaban J connectivity index is 2.25. The van der Waals surface area contributed by atoms with E-state index in [0.717, 1.165) is 25.5 Å². The highest BCUT2D eigenvalue weighted by atomic mass is 19.4. The van der Waals surface area contributed by atoms with Crippen molar-refractivity contribution in [3.05, 3.63) is 34.2 Å². The molecule has 1 aromatic carbocycles. The number of benzene rings is 1. The quantitative estimate of drug-likeness (QED) is 0.835. The molecule has 2 N–H and O–H groups in total. The van der Waals surface area contributed by atoms with Crippen molar-refractivity contribution >= 4 is 11.0 Å². The highest BCUT2D eigenvalue weighted by molar-refractivity contribution is 5.79. The molecule has 2 heterocycles. The number of para-hydroxylation sites is 1. The second-order valence-electron chi connectivity index (χ2n) is 4.61. The number of hydrogen-bond acceptors (Lipinski definition) is 2. The van der Waals surface area contributed by atoms with E-state index in [1.165, 1.54) is 16.7 Å². The largest absolute Gasteiger partial charge is 0.418 e. The van der Waals surface area contributed by atoms with Crippen molar-refractivity contribution in [1.82, 2.24) is 14.9 Å². The van der Waals surface area contributed by atoms with Crippen LogP contribution in [-0.2, 0) is 6.18 Å².